The van der Waals surface area contributed by atoms with E-state index >= 15 is 0 Å². The first-order valence-corrected chi connectivity index (χ1v) is 9.64. The van der Waals surface area contributed by atoms with Crippen LogP contribution in [0.15, 0.2) is 49.1 Å². The molecule has 0 aromatic heterocycles. The molecule has 5 nitrogen and oxygen atoms in total. The van der Waals surface area contributed by atoms with E-state index in [0.29, 0.717) is 6.04 Å². The van der Waals surface area contributed by atoms with Crippen molar-refractivity contribution < 1.29 is 4.79 Å². The van der Waals surface area contributed by atoms with Crippen molar-refractivity contribution in [1.82, 2.24) is 5.32 Å². The van der Waals surface area contributed by atoms with E-state index in [4.69, 9.17) is 5.73 Å². The summed E-state index contributed by atoms with van der Waals surface area (Å²) in [7, 11) is 0. The molecule has 0 atom stereocenters. The number of piperidine rings is 1. The molecule has 1 aliphatic heterocycles. The highest BCUT2D eigenvalue weighted by molar-refractivity contribution is 5.89. The molecule has 1 fully saturated rings. The topological polar surface area (TPSA) is 79.2 Å². The summed E-state index contributed by atoms with van der Waals surface area (Å²) < 4.78 is 0. The van der Waals surface area contributed by atoms with Crippen LogP contribution >= 0.6 is 0 Å². The third-order valence-corrected chi connectivity index (χ3v) is 4.89. The third-order valence-electron chi connectivity index (χ3n) is 4.89. The lowest BCUT2D eigenvalue weighted by molar-refractivity contribution is -0.114. The summed E-state index contributed by atoms with van der Waals surface area (Å²) in [5.41, 5.74) is 9.86. The van der Waals surface area contributed by atoms with E-state index in [1.807, 2.05) is 30.3 Å². The SMILES string of the molecule is C=C/C=c1/cc(-c2cccc(NC(C)=O)c2)cc(NC2CCNCC2)/c1=C/N. The van der Waals surface area contributed by atoms with Gasteiger partial charge in [-0.05, 0) is 66.5 Å². The number of hydrogen-bond donors (Lipinski definition) is 4. The molecule has 146 valence electrons. The van der Waals surface area contributed by atoms with Crippen molar-refractivity contribution in [3.8, 4) is 11.1 Å². The molecule has 1 aliphatic rings. The molecule has 0 aliphatic carbocycles. The minimum Gasteiger partial charge on any atom is -0.404 e. The van der Waals surface area contributed by atoms with E-state index in [-0.39, 0.29) is 5.91 Å². The predicted molar refractivity (Wildman–Crippen MR) is 118 cm³/mol. The second-order valence-corrected chi connectivity index (χ2v) is 7.03. The number of rotatable bonds is 5. The average molecular weight is 377 g/mol. The first-order chi connectivity index (χ1) is 13.6. The zero-order valence-corrected chi connectivity index (χ0v) is 16.3. The van der Waals surface area contributed by atoms with E-state index in [9.17, 15) is 4.79 Å². The van der Waals surface area contributed by atoms with Gasteiger partial charge in [0.2, 0.25) is 5.91 Å². The zero-order chi connectivity index (χ0) is 19.9. The Hall–Kier alpha value is -3.05. The van der Waals surface area contributed by atoms with Gasteiger partial charge in [-0.15, -0.1) is 0 Å². The monoisotopic (exact) mass is 376 g/mol. The molecular formula is C23H28N4O. The summed E-state index contributed by atoms with van der Waals surface area (Å²) in [6.45, 7) is 7.38. The maximum Gasteiger partial charge on any atom is 0.221 e. The number of amides is 1. The summed E-state index contributed by atoms with van der Waals surface area (Å²) in [5.74, 6) is -0.0841. The standard InChI is InChI=1S/C23H28N4O/c1-3-5-18-12-19(17-6-4-7-21(13-17)26-16(2)28)14-23(22(18)15-24)27-20-8-10-25-11-9-20/h3-7,12-15,20,25,27H,1,8-11,24H2,2H3,(H,26,28)/b18-5-,22-15+. The molecule has 2 aromatic carbocycles. The molecule has 3 rings (SSSR count). The largest absolute Gasteiger partial charge is 0.404 e. The lowest BCUT2D eigenvalue weighted by Gasteiger charge is -2.25. The Morgan fingerprint density at radius 1 is 1.21 bits per heavy atom. The highest BCUT2D eigenvalue weighted by atomic mass is 16.1. The lowest BCUT2D eigenvalue weighted by Crippen LogP contribution is -2.38. The lowest BCUT2D eigenvalue weighted by atomic mass is 10.00. The van der Waals surface area contributed by atoms with Gasteiger partial charge in [-0.3, -0.25) is 4.79 Å². The summed E-state index contributed by atoms with van der Waals surface area (Å²) in [6.07, 6.45) is 7.54. The van der Waals surface area contributed by atoms with E-state index in [2.05, 4.69) is 34.7 Å². The van der Waals surface area contributed by atoms with Crippen molar-refractivity contribution in [1.29, 1.82) is 0 Å². The van der Waals surface area contributed by atoms with Crippen LogP contribution in [-0.4, -0.2) is 25.0 Å². The molecule has 5 N–H and O–H groups in total. The van der Waals surface area contributed by atoms with Crippen molar-refractivity contribution in [2.75, 3.05) is 23.7 Å². The first-order valence-electron chi connectivity index (χ1n) is 9.64. The maximum absolute atomic E-state index is 11.4. The Balaban J connectivity index is 2.08. The quantitative estimate of drug-likeness (QED) is 0.645. The minimum atomic E-state index is -0.0841. The Morgan fingerprint density at radius 3 is 2.68 bits per heavy atom. The zero-order valence-electron chi connectivity index (χ0n) is 16.3. The second kappa shape index (κ2) is 9.24. The Kier molecular flexibility index (Phi) is 6.50. The van der Waals surface area contributed by atoms with Gasteiger partial charge in [0.1, 0.15) is 0 Å². The van der Waals surface area contributed by atoms with Crippen molar-refractivity contribution in [3.63, 3.8) is 0 Å². The van der Waals surface area contributed by atoms with E-state index in [0.717, 1.165) is 58.9 Å². The first kappa shape index (κ1) is 19.7. The number of anilines is 2. The summed E-state index contributed by atoms with van der Waals surface area (Å²) in [4.78, 5) is 11.4. The number of carbonyl (C=O) groups is 1. The summed E-state index contributed by atoms with van der Waals surface area (Å²) in [6, 6.07) is 12.5. The van der Waals surface area contributed by atoms with Gasteiger partial charge in [0.25, 0.3) is 0 Å². The van der Waals surface area contributed by atoms with Crippen LogP contribution in [0.5, 0.6) is 0 Å². The van der Waals surface area contributed by atoms with Crippen molar-refractivity contribution in [2.45, 2.75) is 25.8 Å². The molecule has 1 amide bonds. The second-order valence-electron chi connectivity index (χ2n) is 7.03. The van der Waals surface area contributed by atoms with Crippen molar-refractivity contribution in [3.05, 3.63) is 59.5 Å². The molecule has 0 saturated carbocycles. The number of carbonyl (C=O) groups excluding carboxylic acids is 1. The smallest absolute Gasteiger partial charge is 0.221 e. The van der Waals surface area contributed by atoms with Crippen LogP contribution in [0.25, 0.3) is 23.4 Å². The Bertz CT molecular complexity index is 975. The normalized spacial score (nSPS) is 16.0. The van der Waals surface area contributed by atoms with Gasteiger partial charge in [-0.2, -0.15) is 0 Å². The summed E-state index contributed by atoms with van der Waals surface area (Å²) in [5, 5.41) is 11.9. The van der Waals surface area contributed by atoms with Crippen molar-refractivity contribution in [2.24, 2.45) is 5.73 Å². The molecule has 0 unspecified atom stereocenters. The Morgan fingerprint density at radius 2 is 2.00 bits per heavy atom. The van der Waals surface area contributed by atoms with E-state index in [1.165, 1.54) is 6.92 Å². The van der Waals surface area contributed by atoms with Crippen LogP contribution in [-0.2, 0) is 4.79 Å². The highest BCUT2D eigenvalue weighted by Gasteiger charge is 2.14. The van der Waals surface area contributed by atoms with Crippen LogP contribution < -0.4 is 32.1 Å². The van der Waals surface area contributed by atoms with Gasteiger partial charge in [0.15, 0.2) is 0 Å². The van der Waals surface area contributed by atoms with Crippen LogP contribution in [0.2, 0.25) is 0 Å². The van der Waals surface area contributed by atoms with E-state index in [1.54, 1.807) is 12.3 Å². The predicted octanol–water partition coefficient (Wildman–Crippen LogP) is 2.14. The summed E-state index contributed by atoms with van der Waals surface area (Å²) >= 11 is 0. The molecule has 0 spiro atoms. The molecule has 1 saturated heterocycles. The van der Waals surface area contributed by atoms with Gasteiger partial charge in [0, 0.05) is 35.8 Å². The fraction of sp³-hybridized carbons (Fsp3) is 0.261. The van der Waals surface area contributed by atoms with Crippen LogP contribution in [0, 0.1) is 0 Å². The van der Waals surface area contributed by atoms with Gasteiger partial charge in [0.05, 0.1) is 0 Å². The maximum atomic E-state index is 11.4. The fourth-order valence-electron chi connectivity index (χ4n) is 3.58. The number of nitrogens with one attached hydrogen (secondary N) is 3. The molecule has 1 heterocycles. The van der Waals surface area contributed by atoms with E-state index < -0.39 is 0 Å². The third kappa shape index (κ3) is 4.81. The van der Waals surface area contributed by atoms with Crippen molar-refractivity contribution >= 4 is 29.6 Å². The van der Waals surface area contributed by atoms with Gasteiger partial charge in [-0.25, -0.2) is 0 Å². The number of benzene rings is 2. The van der Waals surface area contributed by atoms with Crippen LogP contribution in [0.1, 0.15) is 19.8 Å². The Labute approximate surface area is 166 Å². The fourth-order valence-corrected chi connectivity index (χ4v) is 3.58. The van der Waals surface area contributed by atoms with Crippen LogP contribution in [0.4, 0.5) is 11.4 Å². The molecule has 0 radical (unpaired) electrons. The van der Waals surface area contributed by atoms with Gasteiger partial charge < -0.3 is 21.7 Å². The number of hydrogen-bond acceptors (Lipinski definition) is 4. The van der Waals surface area contributed by atoms with Crippen LogP contribution in [0.3, 0.4) is 0 Å². The molecule has 0 bridgehead atoms. The molecule has 2 aromatic rings. The minimum absolute atomic E-state index is 0.0841. The molecule has 5 heteroatoms. The highest BCUT2D eigenvalue weighted by Crippen LogP contribution is 2.23. The average Bonchev–Trinajstić information content (AvgIpc) is 2.68. The van der Waals surface area contributed by atoms with Gasteiger partial charge in [-0.1, -0.05) is 30.9 Å². The molecular weight excluding hydrogens is 348 g/mol. The van der Waals surface area contributed by atoms with Gasteiger partial charge >= 0.3 is 0 Å². The molecule has 28 heavy (non-hydrogen) atoms. The number of nitrogens with two attached hydrogens (primary N) is 1. The number of allylic oxidation sites excluding steroid dienone is 1.